The first-order chi connectivity index (χ1) is 11.9. The summed E-state index contributed by atoms with van der Waals surface area (Å²) in [5, 5.41) is 0.395. The van der Waals surface area contributed by atoms with Gasteiger partial charge in [-0.2, -0.15) is 0 Å². The molecule has 2 aliphatic heterocycles. The Balaban J connectivity index is 1.74. The van der Waals surface area contributed by atoms with Crippen LogP contribution in [0.5, 0.6) is 0 Å². The summed E-state index contributed by atoms with van der Waals surface area (Å²) < 4.78 is 24.5. The zero-order valence-electron chi connectivity index (χ0n) is 14.8. The van der Waals surface area contributed by atoms with Crippen LogP contribution in [0.3, 0.4) is 0 Å². The van der Waals surface area contributed by atoms with Crippen LogP contribution in [0, 0.1) is 0 Å². The lowest BCUT2D eigenvalue weighted by atomic mass is 10.0. The molecular formula is C18H26N2O3S2. The Bertz CT molecular complexity index is 706. The lowest BCUT2D eigenvalue weighted by molar-refractivity contribution is -0.134. The van der Waals surface area contributed by atoms with E-state index in [2.05, 4.69) is 30.9 Å². The van der Waals surface area contributed by atoms with Gasteiger partial charge < -0.3 is 4.90 Å². The van der Waals surface area contributed by atoms with Crippen molar-refractivity contribution in [3.8, 4) is 0 Å². The molecule has 0 aromatic heterocycles. The highest BCUT2D eigenvalue weighted by atomic mass is 32.2. The van der Waals surface area contributed by atoms with E-state index >= 15 is 0 Å². The van der Waals surface area contributed by atoms with Crippen LogP contribution in [0.15, 0.2) is 30.3 Å². The second-order valence-corrected chi connectivity index (χ2v) is 10.8. The molecule has 2 unspecified atom stereocenters. The van der Waals surface area contributed by atoms with Gasteiger partial charge >= 0.3 is 0 Å². The first-order valence-electron chi connectivity index (χ1n) is 8.75. The molecule has 2 fully saturated rings. The third-order valence-electron chi connectivity index (χ3n) is 4.88. The van der Waals surface area contributed by atoms with Crippen molar-refractivity contribution < 1.29 is 13.2 Å². The fourth-order valence-electron chi connectivity index (χ4n) is 3.67. The Morgan fingerprint density at radius 3 is 2.52 bits per heavy atom. The summed E-state index contributed by atoms with van der Waals surface area (Å²) in [7, 11) is -3.09. The van der Waals surface area contributed by atoms with E-state index in [0.29, 0.717) is 17.5 Å². The number of benzene rings is 1. The van der Waals surface area contributed by atoms with Crippen LogP contribution in [0.1, 0.15) is 19.4 Å². The average molecular weight is 383 g/mol. The van der Waals surface area contributed by atoms with Crippen LogP contribution >= 0.6 is 11.8 Å². The van der Waals surface area contributed by atoms with E-state index in [1.54, 1.807) is 11.8 Å². The summed E-state index contributed by atoms with van der Waals surface area (Å²) in [5.41, 5.74) is 1.18. The Hall–Kier alpha value is -1.05. The van der Waals surface area contributed by atoms with Crippen molar-refractivity contribution in [1.29, 1.82) is 0 Å². The van der Waals surface area contributed by atoms with E-state index in [1.807, 2.05) is 23.1 Å². The number of rotatable bonds is 5. The normalized spacial score (nSPS) is 26.0. The molecule has 138 valence electrons. The zero-order chi connectivity index (χ0) is 18.0. The number of sulfone groups is 1. The number of thioether (sulfide) groups is 1. The molecule has 5 nitrogen and oxygen atoms in total. The third-order valence-corrected chi connectivity index (χ3v) is 7.66. The number of amides is 1. The smallest absolute Gasteiger partial charge is 0.232 e. The lowest BCUT2D eigenvalue weighted by Crippen LogP contribution is -2.60. The molecule has 2 atom stereocenters. The molecule has 2 aliphatic rings. The average Bonchev–Trinajstić information content (AvgIpc) is 2.89. The molecule has 3 rings (SSSR count). The quantitative estimate of drug-likeness (QED) is 0.775. The maximum Gasteiger partial charge on any atom is 0.232 e. The maximum absolute atomic E-state index is 12.6. The van der Waals surface area contributed by atoms with Crippen molar-refractivity contribution in [3.63, 3.8) is 0 Å². The van der Waals surface area contributed by atoms with Crippen molar-refractivity contribution in [1.82, 2.24) is 9.80 Å². The van der Waals surface area contributed by atoms with Gasteiger partial charge in [0.05, 0.1) is 23.3 Å². The second kappa shape index (κ2) is 7.68. The van der Waals surface area contributed by atoms with Gasteiger partial charge in [0.15, 0.2) is 9.84 Å². The van der Waals surface area contributed by atoms with Gasteiger partial charge in [0.2, 0.25) is 5.91 Å². The van der Waals surface area contributed by atoms with Crippen LogP contribution in [-0.2, 0) is 21.2 Å². The fraction of sp³-hybridized carbons (Fsp3) is 0.611. The van der Waals surface area contributed by atoms with Crippen LogP contribution in [0.25, 0.3) is 0 Å². The SMILES string of the molecule is CC(C)SCC(=O)N1CCN(Cc2ccccc2)C2CS(=O)(=O)CC21. The summed E-state index contributed by atoms with van der Waals surface area (Å²) in [6.45, 7) is 6.21. The van der Waals surface area contributed by atoms with E-state index in [0.717, 1.165) is 13.1 Å². The monoisotopic (exact) mass is 382 g/mol. The molecule has 7 heteroatoms. The van der Waals surface area contributed by atoms with E-state index in [1.165, 1.54) is 5.56 Å². The molecule has 1 aromatic carbocycles. The van der Waals surface area contributed by atoms with E-state index in [-0.39, 0.29) is 29.5 Å². The number of hydrogen-bond donors (Lipinski definition) is 0. The first kappa shape index (κ1) is 18.7. The van der Waals surface area contributed by atoms with Crippen molar-refractivity contribution in [2.75, 3.05) is 30.3 Å². The minimum Gasteiger partial charge on any atom is -0.335 e. The van der Waals surface area contributed by atoms with Crippen LogP contribution in [0.4, 0.5) is 0 Å². The molecule has 0 bridgehead atoms. The molecule has 2 heterocycles. The largest absolute Gasteiger partial charge is 0.335 e. The zero-order valence-corrected chi connectivity index (χ0v) is 16.4. The number of fused-ring (bicyclic) bond motifs is 1. The number of carbonyl (C=O) groups excluding carboxylic acids is 1. The standard InChI is InChI=1S/C18H26N2O3S2/c1-14(2)24-11-18(21)20-9-8-19(10-15-6-4-3-5-7-15)16-12-25(22,23)13-17(16)20/h3-7,14,16-17H,8-13H2,1-2H3. The predicted octanol–water partition coefficient (Wildman–Crippen LogP) is 1.64. The molecule has 2 saturated heterocycles. The van der Waals surface area contributed by atoms with Gasteiger partial charge in [0, 0.05) is 25.7 Å². The van der Waals surface area contributed by atoms with Gasteiger partial charge in [-0.05, 0) is 10.8 Å². The molecule has 0 spiro atoms. The van der Waals surface area contributed by atoms with E-state index in [4.69, 9.17) is 0 Å². The Kier molecular flexibility index (Phi) is 5.75. The minimum atomic E-state index is -3.09. The maximum atomic E-state index is 12.6. The number of piperazine rings is 1. The Morgan fingerprint density at radius 1 is 1.16 bits per heavy atom. The van der Waals surface area contributed by atoms with Gasteiger partial charge in [-0.1, -0.05) is 44.2 Å². The molecule has 1 aromatic rings. The van der Waals surface area contributed by atoms with E-state index in [9.17, 15) is 13.2 Å². The molecule has 0 saturated carbocycles. The van der Waals surface area contributed by atoms with Gasteiger partial charge in [-0.25, -0.2) is 8.42 Å². The van der Waals surface area contributed by atoms with Gasteiger partial charge in [-0.3, -0.25) is 9.69 Å². The molecule has 0 radical (unpaired) electrons. The summed E-state index contributed by atoms with van der Waals surface area (Å²) in [5.74, 6) is 0.761. The molecule has 1 amide bonds. The highest BCUT2D eigenvalue weighted by molar-refractivity contribution is 8.00. The number of hydrogen-bond acceptors (Lipinski definition) is 5. The Morgan fingerprint density at radius 2 is 1.84 bits per heavy atom. The fourth-order valence-corrected chi connectivity index (χ4v) is 6.32. The molecule has 0 N–H and O–H groups in total. The summed E-state index contributed by atoms with van der Waals surface area (Å²) in [6, 6.07) is 9.82. The Labute approximate surface area is 154 Å². The number of carbonyl (C=O) groups is 1. The summed E-state index contributed by atoms with van der Waals surface area (Å²) in [6.07, 6.45) is 0. The van der Waals surface area contributed by atoms with Gasteiger partial charge in [0.1, 0.15) is 0 Å². The van der Waals surface area contributed by atoms with Crippen LogP contribution in [0.2, 0.25) is 0 Å². The molecular weight excluding hydrogens is 356 g/mol. The molecule has 25 heavy (non-hydrogen) atoms. The van der Waals surface area contributed by atoms with Crippen LogP contribution < -0.4 is 0 Å². The third kappa shape index (κ3) is 4.57. The highest BCUT2D eigenvalue weighted by Gasteiger charge is 2.47. The van der Waals surface area contributed by atoms with Gasteiger partial charge in [0.25, 0.3) is 0 Å². The predicted molar refractivity (Wildman–Crippen MR) is 102 cm³/mol. The van der Waals surface area contributed by atoms with Crippen LogP contribution in [-0.4, -0.2) is 71.8 Å². The van der Waals surface area contributed by atoms with Crippen molar-refractivity contribution in [2.24, 2.45) is 0 Å². The summed E-state index contributed by atoms with van der Waals surface area (Å²) >= 11 is 1.62. The molecule has 0 aliphatic carbocycles. The van der Waals surface area contributed by atoms with Crippen molar-refractivity contribution in [3.05, 3.63) is 35.9 Å². The second-order valence-electron chi connectivity index (χ2n) is 7.11. The van der Waals surface area contributed by atoms with E-state index < -0.39 is 9.84 Å². The summed E-state index contributed by atoms with van der Waals surface area (Å²) in [4.78, 5) is 16.7. The van der Waals surface area contributed by atoms with Gasteiger partial charge in [-0.15, -0.1) is 11.8 Å². The van der Waals surface area contributed by atoms with Crippen molar-refractivity contribution in [2.45, 2.75) is 37.7 Å². The minimum absolute atomic E-state index is 0.0742. The van der Waals surface area contributed by atoms with Crippen molar-refractivity contribution >= 4 is 27.5 Å². The highest BCUT2D eigenvalue weighted by Crippen LogP contribution is 2.29. The number of nitrogens with zero attached hydrogens (tertiary/aromatic N) is 2. The lowest BCUT2D eigenvalue weighted by Gasteiger charge is -2.44. The topological polar surface area (TPSA) is 57.7 Å². The first-order valence-corrected chi connectivity index (χ1v) is 11.6.